The number of aliphatic hydroxyl groups excluding tert-OH is 1. The number of halogens is 1. The first kappa shape index (κ1) is 20.6. The first-order chi connectivity index (χ1) is 13.6. The third kappa shape index (κ3) is 6.80. The van der Waals surface area contributed by atoms with Crippen molar-refractivity contribution in [2.45, 2.75) is 6.10 Å². The molecule has 0 unspecified atom stereocenters. The zero-order chi connectivity index (χ0) is 19.8. The van der Waals surface area contributed by atoms with E-state index in [0.717, 1.165) is 31.9 Å². The smallest absolute Gasteiger partial charge is 0.238 e. The Morgan fingerprint density at radius 3 is 2.50 bits per heavy atom. The molecule has 0 radical (unpaired) electrons. The molecule has 2 aromatic carbocycles. The number of rotatable bonds is 8. The SMILES string of the molecule is O=C(CN1CCN(C[C@@H](O)COc2ccccc2)CC1)Nc1cccc(Cl)c1. The number of carbonyl (C=O) groups is 1. The van der Waals surface area contributed by atoms with Crippen LogP contribution in [0.5, 0.6) is 5.75 Å². The van der Waals surface area contributed by atoms with Gasteiger partial charge < -0.3 is 15.2 Å². The Morgan fingerprint density at radius 1 is 1.07 bits per heavy atom. The second-order valence-corrected chi connectivity index (χ2v) is 7.35. The Bertz CT molecular complexity index is 752. The molecule has 0 saturated carbocycles. The number of benzene rings is 2. The van der Waals surface area contributed by atoms with Crippen LogP contribution in [0.4, 0.5) is 5.69 Å². The van der Waals surface area contributed by atoms with E-state index < -0.39 is 6.10 Å². The standard InChI is InChI=1S/C21H26ClN3O3/c22-17-5-4-6-18(13-17)23-21(27)15-25-11-9-24(10-12-25)14-19(26)16-28-20-7-2-1-3-8-20/h1-8,13,19,26H,9-12,14-16H2,(H,23,27)/t19-/m1/s1. The lowest BCUT2D eigenvalue weighted by atomic mass is 10.2. The molecule has 1 heterocycles. The van der Waals surface area contributed by atoms with E-state index in [0.29, 0.717) is 23.8 Å². The zero-order valence-corrected chi connectivity index (χ0v) is 16.5. The average molecular weight is 404 g/mol. The Kier molecular flexibility index (Phi) is 7.68. The molecule has 6 nitrogen and oxygen atoms in total. The highest BCUT2D eigenvalue weighted by Gasteiger charge is 2.21. The largest absolute Gasteiger partial charge is 0.491 e. The summed E-state index contributed by atoms with van der Waals surface area (Å²) in [5.41, 5.74) is 0.706. The van der Waals surface area contributed by atoms with Gasteiger partial charge in [0.2, 0.25) is 5.91 Å². The van der Waals surface area contributed by atoms with Gasteiger partial charge in [-0.15, -0.1) is 0 Å². The van der Waals surface area contributed by atoms with Crippen LogP contribution in [-0.2, 0) is 4.79 Å². The van der Waals surface area contributed by atoms with Gasteiger partial charge in [-0.05, 0) is 30.3 Å². The van der Waals surface area contributed by atoms with Gasteiger partial charge >= 0.3 is 0 Å². The van der Waals surface area contributed by atoms with Gasteiger partial charge in [0.25, 0.3) is 0 Å². The predicted octanol–water partition coefficient (Wildman–Crippen LogP) is 2.34. The lowest BCUT2D eigenvalue weighted by Gasteiger charge is -2.35. The third-order valence-electron chi connectivity index (χ3n) is 4.60. The van der Waals surface area contributed by atoms with Crippen molar-refractivity contribution in [2.75, 3.05) is 51.2 Å². The summed E-state index contributed by atoms with van der Waals surface area (Å²) >= 11 is 5.94. The highest BCUT2D eigenvalue weighted by molar-refractivity contribution is 6.30. The van der Waals surface area contributed by atoms with E-state index in [1.54, 1.807) is 12.1 Å². The summed E-state index contributed by atoms with van der Waals surface area (Å²) < 4.78 is 5.60. The second kappa shape index (κ2) is 10.4. The van der Waals surface area contributed by atoms with Gasteiger partial charge in [-0.1, -0.05) is 35.9 Å². The zero-order valence-electron chi connectivity index (χ0n) is 15.8. The molecule has 0 aliphatic carbocycles. The maximum Gasteiger partial charge on any atom is 0.238 e. The number of aliphatic hydroxyl groups is 1. The molecule has 0 aromatic heterocycles. The number of β-amino-alcohol motifs (C(OH)–C–C–N with tert-alkyl or cyclic N) is 1. The fourth-order valence-electron chi connectivity index (χ4n) is 3.16. The maximum atomic E-state index is 12.2. The number of anilines is 1. The molecule has 1 saturated heterocycles. The van der Waals surface area contributed by atoms with E-state index in [9.17, 15) is 9.90 Å². The van der Waals surface area contributed by atoms with E-state index >= 15 is 0 Å². The highest BCUT2D eigenvalue weighted by atomic mass is 35.5. The Labute approximate surface area is 170 Å². The Balaban J connectivity index is 1.34. The maximum absolute atomic E-state index is 12.2. The quantitative estimate of drug-likeness (QED) is 0.708. The number of piperazine rings is 1. The fourth-order valence-corrected chi connectivity index (χ4v) is 3.35. The molecule has 150 valence electrons. The van der Waals surface area contributed by atoms with E-state index in [-0.39, 0.29) is 12.5 Å². The summed E-state index contributed by atoms with van der Waals surface area (Å²) in [5, 5.41) is 13.7. The average Bonchev–Trinajstić information content (AvgIpc) is 2.69. The number of hydrogen-bond acceptors (Lipinski definition) is 5. The van der Waals surface area contributed by atoms with Crippen molar-refractivity contribution in [1.82, 2.24) is 9.80 Å². The third-order valence-corrected chi connectivity index (χ3v) is 4.83. The van der Waals surface area contributed by atoms with E-state index in [2.05, 4.69) is 15.1 Å². The number of ether oxygens (including phenoxy) is 1. The van der Waals surface area contributed by atoms with Crippen molar-refractivity contribution in [3.63, 3.8) is 0 Å². The number of nitrogens with zero attached hydrogens (tertiary/aromatic N) is 2. The van der Waals surface area contributed by atoms with Gasteiger partial charge in [0.05, 0.1) is 6.54 Å². The normalized spacial score (nSPS) is 16.5. The lowest BCUT2D eigenvalue weighted by Crippen LogP contribution is -2.50. The molecule has 1 atom stereocenters. The summed E-state index contributed by atoms with van der Waals surface area (Å²) in [7, 11) is 0. The van der Waals surface area contributed by atoms with Crippen LogP contribution in [-0.4, -0.2) is 72.8 Å². The van der Waals surface area contributed by atoms with Gasteiger partial charge in [0, 0.05) is 43.4 Å². The van der Waals surface area contributed by atoms with Crippen LogP contribution < -0.4 is 10.1 Å². The Hall–Kier alpha value is -2.12. The molecule has 7 heteroatoms. The van der Waals surface area contributed by atoms with Gasteiger partial charge in [-0.2, -0.15) is 0 Å². The summed E-state index contributed by atoms with van der Waals surface area (Å²) in [6.45, 7) is 4.38. The monoisotopic (exact) mass is 403 g/mol. The van der Waals surface area contributed by atoms with Crippen molar-refractivity contribution in [3.8, 4) is 5.75 Å². The molecule has 2 aromatic rings. The van der Waals surface area contributed by atoms with Crippen molar-refractivity contribution in [3.05, 3.63) is 59.6 Å². The number of para-hydroxylation sites is 1. The van der Waals surface area contributed by atoms with Crippen molar-refractivity contribution < 1.29 is 14.6 Å². The minimum atomic E-state index is -0.544. The van der Waals surface area contributed by atoms with Crippen LogP contribution in [0.25, 0.3) is 0 Å². The molecule has 0 spiro atoms. The minimum absolute atomic E-state index is 0.0491. The molecule has 3 rings (SSSR count). The van der Waals surface area contributed by atoms with Gasteiger partial charge in [-0.3, -0.25) is 14.6 Å². The number of hydrogen-bond donors (Lipinski definition) is 2. The molecule has 1 amide bonds. The molecule has 1 fully saturated rings. The molecule has 0 bridgehead atoms. The van der Waals surface area contributed by atoms with E-state index in [1.807, 2.05) is 42.5 Å². The van der Waals surface area contributed by atoms with Crippen molar-refractivity contribution in [1.29, 1.82) is 0 Å². The van der Waals surface area contributed by atoms with Crippen LogP contribution in [0, 0.1) is 0 Å². The fraction of sp³-hybridized carbons (Fsp3) is 0.381. The van der Waals surface area contributed by atoms with Gasteiger partial charge in [0.15, 0.2) is 0 Å². The van der Waals surface area contributed by atoms with Crippen LogP contribution >= 0.6 is 11.6 Å². The summed E-state index contributed by atoms with van der Waals surface area (Å²) in [6, 6.07) is 16.6. The summed E-state index contributed by atoms with van der Waals surface area (Å²) in [6.07, 6.45) is -0.544. The molecular formula is C21H26ClN3O3. The first-order valence-corrected chi connectivity index (χ1v) is 9.82. The minimum Gasteiger partial charge on any atom is -0.491 e. The van der Waals surface area contributed by atoms with Crippen molar-refractivity contribution in [2.24, 2.45) is 0 Å². The Morgan fingerprint density at radius 2 is 1.79 bits per heavy atom. The first-order valence-electron chi connectivity index (χ1n) is 9.44. The topological polar surface area (TPSA) is 65.0 Å². The van der Waals surface area contributed by atoms with Crippen LogP contribution in [0.1, 0.15) is 0 Å². The molecule has 1 aliphatic rings. The number of nitrogens with one attached hydrogen (secondary N) is 1. The van der Waals surface area contributed by atoms with Crippen LogP contribution in [0.2, 0.25) is 5.02 Å². The highest BCUT2D eigenvalue weighted by Crippen LogP contribution is 2.15. The molecular weight excluding hydrogens is 378 g/mol. The number of carbonyl (C=O) groups excluding carboxylic acids is 1. The number of amides is 1. The molecule has 2 N–H and O–H groups in total. The van der Waals surface area contributed by atoms with E-state index in [1.165, 1.54) is 0 Å². The summed E-state index contributed by atoms with van der Waals surface area (Å²) in [4.78, 5) is 16.5. The van der Waals surface area contributed by atoms with Crippen LogP contribution in [0.3, 0.4) is 0 Å². The lowest BCUT2D eigenvalue weighted by molar-refractivity contribution is -0.117. The van der Waals surface area contributed by atoms with Crippen molar-refractivity contribution >= 4 is 23.2 Å². The molecule has 1 aliphatic heterocycles. The predicted molar refractivity (Wildman–Crippen MR) is 111 cm³/mol. The van der Waals surface area contributed by atoms with Crippen LogP contribution in [0.15, 0.2) is 54.6 Å². The summed E-state index contributed by atoms with van der Waals surface area (Å²) in [5.74, 6) is 0.712. The second-order valence-electron chi connectivity index (χ2n) is 6.91. The van der Waals surface area contributed by atoms with Gasteiger partial charge in [-0.25, -0.2) is 0 Å². The molecule has 28 heavy (non-hydrogen) atoms. The van der Waals surface area contributed by atoms with E-state index in [4.69, 9.17) is 16.3 Å². The van der Waals surface area contributed by atoms with Gasteiger partial charge in [0.1, 0.15) is 18.5 Å².